The van der Waals surface area contributed by atoms with Crippen molar-refractivity contribution < 1.29 is 23.9 Å². The maximum atomic E-state index is 13.2. The molecule has 7 heteroatoms. The van der Waals surface area contributed by atoms with Gasteiger partial charge in [0.15, 0.2) is 11.5 Å². The Balaban J connectivity index is 1.62. The molecule has 3 aromatic rings. The lowest BCUT2D eigenvalue weighted by Gasteiger charge is -2.27. The monoisotopic (exact) mass is 456 g/mol. The third-order valence-corrected chi connectivity index (χ3v) is 5.30. The van der Waals surface area contributed by atoms with Crippen LogP contribution >= 0.6 is 0 Å². The highest BCUT2D eigenvalue weighted by Crippen LogP contribution is 2.31. The number of carbonyl (C=O) groups excluding carboxylic acids is 3. The van der Waals surface area contributed by atoms with Crippen molar-refractivity contribution in [2.45, 2.75) is 20.5 Å². The maximum absolute atomic E-state index is 13.2. The fourth-order valence-electron chi connectivity index (χ4n) is 3.77. The summed E-state index contributed by atoms with van der Waals surface area (Å²) in [4.78, 5) is 39.1. The van der Waals surface area contributed by atoms with Crippen molar-refractivity contribution in [2.24, 2.45) is 0 Å². The predicted molar refractivity (Wildman–Crippen MR) is 129 cm³/mol. The molecule has 1 saturated heterocycles. The van der Waals surface area contributed by atoms with E-state index in [1.807, 2.05) is 50.2 Å². The third kappa shape index (κ3) is 4.83. The largest absolute Gasteiger partial charge is 0.493 e. The van der Waals surface area contributed by atoms with E-state index in [-0.39, 0.29) is 5.57 Å². The van der Waals surface area contributed by atoms with Gasteiger partial charge in [0.05, 0.1) is 12.8 Å². The number of benzene rings is 3. The number of anilines is 1. The normalized spacial score (nSPS) is 14.9. The molecule has 1 aliphatic heterocycles. The van der Waals surface area contributed by atoms with Gasteiger partial charge in [-0.1, -0.05) is 42.5 Å². The van der Waals surface area contributed by atoms with E-state index in [1.54, 1.807) is 30.3 Å². The van der Waals surface area contributed by atoms with Crippen molar-refractivity contribution in [3.63, 3.8) is 0 Å². The first kappa shape index (κ1) is 22.8. The Morgan fingerprint density at radius 1 is 0.882 bits per heavy atom. The molecule has 34 heavy (non-hydrogen) atoms. The smallest absolute Gasteiger partial charge is 0.335 e. The third-order valence-electron chi connectivity index (χ3n) is 5.30. The number of urea groups is 1. The highest BCUT2D eigenvalue weighted by molar-refractivity contribution is 6.39. The van der Waals surface area contributed by atoms with Crippen molar-refractivity contribution in [1.82, 2.24) is 5.32 Å². The van der Waals surface area contributed by atoms with Crippen LogP contribution in [0.25, 0.3) is 6.08 Å². The summed E-state index contributed by atoms with van der Waals surface area (Å²) in [6, 6.07) is 19.4. The van der Waals surface area contributed by atoms with E-state index < -0.39 is 17.8 Å². The van der Waals surface area contributed by atoms with E-state index in [0.29, 0.717) is 29.4 Å². The van der Waals surface area contributed by atoms with Crippen molar-refractivity contribution in [1.29, 1.82) is 0 Å². The zero-order chi connectivity index (χ0) is 24.2. The molecule has 1 aliphatic rings. The Labute approximate surface area is 197 Å². The summed E-state index contributed by atoms with van der Waals surface area (Å²) in [5, 5.41) is 2.25. The van der Waals surface area contributed by atoms with Gasteiger partial charge in [-0.15, -0.1) is 0 Å². The topological polar surface area (TPSA) is 84.9 Å². The van der Waals surface area contributed by atoms with Gasteiger partial charge in [-0.3, -0.25) is 14.9 Å². The SMILES string of the molecule is COc1cc(/C=C2\C(=O)NC(=O)N(c3cc(C)cc(C)c3)C2=O)ccc1OCc1ccccc1. The van der Waals surface area contributed by atoms with Crippen molar-refractivity contribution >= 4 is 29.6 Å². The summed E-state index contributed by atoms with van der Waals surface area (Å²) < 4.78 is 11.3. The number of carbonyl (C=O) groups is 3. The lowest BCUT2D eigenvalue weighted by molar-refractivity contribution is -0.122. The summed E-state index contributed by atoms with van der Waals surface area (Å²) in [7, 11) is 1.51. The van der Waals surface area contributed by atoms with E-state index >= 15 is 0 Å². The van der Waals surface area contributed by atoms with Crippen LogP contribution in [0.1, 0.15) is 22.3 Å². The number of amides is 4. The molecule has 172 valence electrons. The van der Waals surface area contributed by atoms with Crippen LogP contribution < -0.4 is 19.7 Å². The molecule has 0 aromatic heterocycles. The average molecular weight is 456 g/mol. The lowest BCUT2D eigenvalue weighted by atomic mass is 10.0. The molecule has 0 atom stereocenters. The Bertz CT molecular complexity index is 1280. The van der Waals surface area contributed by atoms with Gasteiger partial charge >= 0.3 is 6.03 Å². The van der Waals surface area contributed by atoms with Gasteiger partial charge in [-0.25, -0.2) is 9.69 Å². The molecule has 0 spiro atoms. The minimum Gasteiger partial charge on any atom is -0.493 e. The molecule has 0 saturated carbocycles. The molecule has 3 aromatic carbocycles. The zero-order valence-electron chi connectivity index (χ0n) is 19.1. The molecule has 1 N–H and O–H groups in total. The molecule has 0 aliphatic carbocycles. The molecule has 1 fully saturated rings. The van der Waals surface area contributed by atoms with Crippen LogP contribution in [0, 0.1) is 13.8 Å². The fourth-order valence-corrected chi connectivity index (χ4v) is 3.77. The molecule has 0 unspecified atom stereocenters. The summed E-state index contributed by atoms with van der Waals surface area (Å²) in [5.41, 5.74) is 3.61. The van der Waals surface area contributed by atoms with Gasteiger partial charge in [-0.2, -0.15) is 0 Å². The van der Waals surface area contributed by atoms with Crippen LogP contribution in [0.15, 0.2) is 72.3 Å². The van der Waals surface area contributed by atoms with Gasteiger partial charge in [0.1, 0.15) is 12.2 Å². The number of imide groups is 2. The van der Waals surface area contributed by atoms with E-state index in [2.05, 4.69) is 5.32 Å². The predicted octanol–water partition coefficient (Wildman–Crippen LogP) is 4.56. The average Bonchev–Trinajstić information content (AvgIpc) is 2.80. The highest BCUT2D eigenvalue weighted by atomic mass is 16.5. The number of nitrogens with one attached hydrogen (secondary N) is 1. The van der Waals surface area contributed by atoms with Gasteiger partial charge < -0.3 is 9.47 Å². The van der Waals surface area contributed by atoms with Crippen molar-refractivity contribution in [2.75, 3.05) is 12.0 Å². The molecule has 0 radical (unpaired) electrons. The van der Waals surface area contributed by atoms with Gasteiger partial charge in [0.2, 0.25) is 0 Å². The van der Waals surface area contributed by atoms with Crippen molar-refractivity contribution in [3.8, 4) is 11.5 Å². The van der Waals surface area contributed by atoms with Crippen LogP contribution in [0.4, 0.5) is 10.5 Å². The lowest BCUT2D eigenvalue weighted by Crippen LogP contribution is -2.54. The number of ether oxygens (including phenoxy) is 2. The van der Waals surface area contributed by atoms with E-state index in [9.17, 15) is 14.4 Å². The van der Waals surface area contributed by atoms with Crippen LogP contribution in [-0.2, 0) is 16.2 Å². The Hall–Kier alpha value is -4.39. The fraction of sp³-hybridized carbons (Fsp3) is 0.148. The highest BCUT2D eigenvalue weighted by Gasteiger charge is 2.37. The van der Waals surface area contributed by atoms with Crippen molar-refractivity contribution in [3.05, 3.63) is 94.6 Å². The Morgan fingerprint density at radius 3 is 2.26 bits per heavy atom. The maximum Gasteiger partial charge on any atom is 0.335 e. The second-order valence-corrected chi connectivity index (χ2v) is 7.99. The molecule has 4 rings (SSSR count). The van der Waals surface area contributed by atoms with Gasteiger partial charge in [0, 0.05) is 0 Å². The molecule has 0 bridgehead atoms. The van der Waals surface area contributed by atoms with Gasteiger partial charge in [0.25, 0.3) is 11.8 Å². The zero-order valence-corrected chi connectivity index (χ0v) is 19.1. The number of aryl methyl sites for hydroxylation is 2. The number of hydrogen-bond acceptors (Lipinski definition) is 5. The number of rotatable bonds is 6. The van der Waals surface area contributed by atoms with E-state index in [0.717, 1.165) is 21.6 Å². The quantitative estimate of drug-likeness (QED) is 0.434. The second-order valence-electron chi connectivity index (χ2n) is 7.99. The summed E-state index contributed by atoms with van der Waals surface area (Å²) in [6.45, 7) is 4.11. The summed E-state index contributed by atoms with van der Waals surface area (Å²) in [5.74, 6) is -0.461. The van der Waals surface area contributed by atoms with Crippen LogP contribution in [0.3, 0.4) is 0 Å². The number of hydrogen-bond donors (Lipinski definition) is 1. The molecule has 1 heterocycles. The first-order valence-corrected chi connectivity index (χ1v) is 10.7. The van der Waals surface area contributed by atoms with E-state index in [1.165, 1.54) is 13.2 Å². The van der Waals surface area contributed by atoms with Crippen LogP contribution in [0.5, 0.6) is 11.5 Å². The minimum absolute atomic E-state index is 0.154. The molecular weight excluding hydrogens is 432 g/mol. The Kier molecular flexibility index (Phi) is 6.45. The summed E-state index contributed by atoms with van der Waals surface area (Å²) in [6.07, 6.45) is 1.43. The van der Waals surface area contributed by atoms with E-state index in [4.69, 9.17) is 9.47 Å². The standard InChI is InChI=1S/C27H24N2O5/c1-17-11-18(2)13-21(12-17)29-26(31)22(25(30)28-27(29)32)14-20-9-10-23(24(15-20)33-3)34-16-19-7-5-4-6-8-19/h4-15H,16H2,1-3H3,(H,28,30,32)/b22-14+. The molecular formula is C27H24N2O5. The minimum atomic E-state index is -0.778. The first-order chi connectivity index (χ1) is 16.4. The van der Waals surface area contributed by atoms with Crippen LogP contribution in [-0.4, -0.2) is 25.0 Å². The number of barbiturate groups is 1. The first-order valence-electron chi connectivity index (χ1n) is 10.7. The van der Waals surface area contributed by atoms with Crippen LogP contribution in [0.2, 0.25) is 0 Å². The summed E-state index contributed by atoms with van der Waals surface area (Å²) >= 11 is 0. The molecule has 7 nitrogen and oxygen atoms in total. The number of methoxy groups -OCH3 is 1. The Morgan fingerprint density at radius 2 is 1.59 bits per heavy atom. The van der Waals surface area contributed by atoms with Gasteiger partial charge in [-0.05, 0) is 66.4 Å². The number of nitrogens with zero attached hydrogens (tertiary/aromatic N) is 1. The molecule has 4 amide bonds. The second kappa shape index (κ2) is 9.62.